The van der Waals surface area contributed by atoms with E-state index in [0.29, 0.717) is 18.8 Å². The van der Waals surface area contributed by atoms with Gasteiger partial charge in [0.05, 0.1) is 5.69 Å². The molecule has 1 amide bonds. The van der Waals surface area contributed by atoms with E-state index in [9.17, 15) is 4.79 Å². The highest BCUT2D eigenvalue weighted by atomic mass is 79.9. The van der Waals surface area contributed by atoms with Gasteiger partial charge >= 0.3 is 0 Å². The van der Waals surface area contributed by atoms with Crippen molar-refractivity contribution in [3.63, 3.8) is 0 Å². The van der Waals surface area contributed by atoms with Crippen LogP contribution in [-0.2, 0) is 30.6 Å². The largest absolute Gasteiger partial charge is 0.325 e. The second kappa shape index (κ2) is 8.49. The van der Waals surface area contributed by atoms with E-state index in [1.807, 2.05) is 25.1 Å². The lowest BCUT2D eigenvalue weighted by Crippen LogP contribution is -2.15. The lowest BCUT2D eigenvalue weighted by molar-refractivity contribution is -0.116. The van der Waals surface area contributed by atoms with E-state index in [-0.39, 0.29) is 5.91 Å². The van der Waals surface area contributed by atoms with Gasteiger partial charge in [-0.1, -0.05) is 30.3 Å². The van der Waals surface area contributed by atoms with Crippen molar-refractivity contribution in [3.8, 4) is 0 Å². The SMILES string of the molecule is CCn1c(CCC(=O)Nc2ccc(C)cc2Br)nnc1C1Cc2ccccc2C1. The molecule has 1 N–H and O–H groups in total. The fourth-order valence-electron chi connectivity index (χ4n) is 4.08. The van der Waals surface area contributed by atoms with Gasteiger partial charge in [-0.05, 0) is 71.4 Å². The summed E-state index contributed by atoms with van der Waals surface area (Å²) in [6.07, 6.45) is 2.98. The number of hydrogen-bond acceptors (Lipinski definition) is 3. The maximum Gasteiger partial charge on any atom is 0.224 e. The summed E-state index contributed by atoms with van der Waals surface area (Å²) < 4.78 is 3.08. The second-order valence-electron chi connectivity index (χ2n) is 7.62. The molecule has 150 valence electrons. The van der Waals surface area contributed by atoms with Gasteiger partial charge in [0.15, 0.2) is 0 Å². The first-order valence-electron chi connectivity index (χ1n) is 10.1. The van der Waals surface area contributed by atoms with Crippen molar-refractivity contribution in [2.24, 2.45) is 0 Å². The first-order chi connectivity index (χ1) is 14.0. The molecule has 29 heavy (non-hydrogen) atoms. The number of aryl methyl sites for hydroxylation is 2. The number of rotatable bonds is 6. The zero-order valence-corrected chi connectivity index (χ0v) is 18.4. The smallest absolute Gasteiger partial charge is 0.224 e. The summed E-state index contributed by atoms with van der Waals surface area (Å²) in [7, 11) is 0. The molecule has 0 spiro atoms. The Kier molecular flexibility index (Phi) is 5.81. The molecule has 5 nitrogen and oxygen atoms in total. The Morgan fingerprint density at radius 3 is 2.55 bits per heavy atom. The Labute approximate surface area is 179 Å². The number of nitrogens with one attached hydrogen (secondary N) is 1. The van der Waals surface area contributed by atoms with E-state index in [0.717, 1.165) is 46.8 Å². The Hall–Kier alpha value is -2.47. The van der Waals surface area contributed by atoms with Gasteiger partial charge in [0, 0.05) is 29.8 Å². The van der Waals surface area contributed by atoms with Gasteiger partial charge in [0.1, 0.15) is 11.6 Å². The van der Waals surface area contributed by atoms with Crippen molar-refractivity contribution in [1.82, 2.24) is 14.8 Å². The predicted octanol–water partition coefficient (Wildman–Crippen LogP) is 4.82. The summed E-state index contributed by atoms with van der Waals surface area (Å²) in [4.78, 5) is 12.4. The fraction of sp³-hybridized carbons (Fsp3) is 0.348. The minimum Gasteiger partial charge on any atom is -0.325 e. The van der Waals surface area contributed by atoms with Crippen LogP contribution in [0.15, 0.2) is 46.9 Å². The summed E-state index contributed by atoms with van der Waals surface area (Å²) in [6.45, 7) is 4.95. The van der Waals surface area contributed by atoms with E-state index < -0.39 is 0 Å². The number of halogens is 1. The van der Waals surface area contributed by atoms with Gasteiger partial charge < -0.3 is 9.88 Å². The van der Waals surface area contributed by atoms with E-state index in [2.05, 4.69) is 67.2 Å². The molecule has 4 rings (SSSR count). The van der Waals surface area contributed by atoms with Crippen LogP contribution < -0.4 is 5.32 Å². The average molecular weight is 453 g/mol. The Morgan fingerprint density at radius 2 is 1.90 bits per heavy atom. The number of nitrogens with zero attached hydrogens (tertiary/aromatic N) is 3. The number of fused-ring (bicyclic) bond motifs is 1. The summed E-state index contributed by atoms with van der Waals surface area (Å²) in [5, 5.41) is 11.9. The molecule has 0 saturated heterocycles. The highest BCUT2D eigenvalue weighted by Gasteiger charge is 2.27. The number of aromatic nitrogens is 3. The normalized spacial score (nSPS) is 13.5. The topological polar surface area (TPSA) is 59.8 Å². The Balaban J connectivity index is 1.41. The molecule has 1 aromatic heterocycles. The van der Waals surface area contributed by atoms with Crippen molar-refractivity contribution < 1.29 is 4.79 Å². The molecule has 0 fully saturated rings. The highest BCUT2D eigenvalue weighted by Crippen LogP contribution is 2.33. The zero-order valence-electron chi connectivity index (χ0n) is 16.8. The molecule has 0 atom stereocenters. The number of amides is 1. The number of benzene rings is 2. The van der Waals surface area contributed by atoms with Gasteiger partial charge in [-0.2, -0.15) is 0 Å². The summed E-state index contributed by atoms with van der Waals surface area (Å²) in [6, 6.07) is 14.5. The quantitative estimate of drug-likeness (QED) is 0.582. The van der Waals surface area contributed by atoms with Gasteiger partial charge in [-0.15, -0.1) is 10.2 Å². The third-order valence-electron chi connectivity index (χ3n) is 5.56. The number of anilines is 1. The molecule has 1 aliphatic carbocycles. The van der Waals surface area contributed by atoms with Crippen molar-refractivity contribution in [2.75, 3.05) is 5.32 Å². The third kappa shape index (κ3) is 4.27. The van der Waals surface area contributed by atoms with Crippen LogP contribution in [0.2, 0.25) is 0 Å². The molecule has 0 bridgehead atoms. The van der Waals surface area contributed by atoms with Crippen molar-refractivity contribution in [3.05, 3.63) is 75.3 Å². The van der Waals surface area contributed by atoms with E-state index in [1.54, 1.807) is 0 Å². The van der Waals surface area contributed by atoms with Crippen LogP contribution in [-0.4, -0.2) is 20.7 Å². The van der Waals surface area contributed by atoms with E-state index >= 15 is 0 Å². The van der Waals surface area contributed by atoms with E-state index in [1.165, 1.54) is 11.1 Å². The Morgan fingerprint density at radius 1 is 1.17 bits per heavy atom. The van der Waals surface area contributed by atoms with E-state index in [4.69, 9.17) is 0 Å². The average Bonchev–Trinajstić information content (AvgIpc) is 3.31. The summed E-state index contributed by atoms with van der Waals surface area (Å²) in [5.74, 6) is 2.28. The third-order valence-corrected chi connectivity index (χ3v) is 6.22. The number of hydrogen-bond donors (Lipinski definition) is 1. The lowest BCUT2D eigenvalue weighted by Gasteiger charge is -2.12. The lowest BCUT2D eigenvalue weighted by atomic mass is 10.1. The number of carbonyl (C=O) groups excluding carboxylic acids is 1. The van der Waals surface area contributed by atoms with Crippen molar-refractivity contribution in [1.29, 1.82) is 0 Å². The molecule has 1 heterocycles. The summed E-state index contributed by atoms with van der Waals surface area (Å²) >= 11 is 3.51. The highest BCUT2D eigenvalue weighted by molar-refractivity contribution is 9.10. The van der Waals surface area contributed by atoms with Gasteiger partial charge in [0.2, 0.25) is 5.91 Å². The maximum absolute atomic E-state index is 12.4. The molecular weight excluding hydrogens is 428 g/mol. The minimum absolute atomic E-state index is 0.0185. The second-order valence-corrected chi connectivity index (χ2v) is 8.48. The van der Waals surface area contributed by atoms with Crippen molar-refractivity contribution >= 4 is 27.5 Å². The van der Waals surface area contributed by atoms with Crippen LogP contribution in [0.4, 0.5) is 5.69 Å². The van der Waals surface area contributed by atoms with Crippen LogP contribution in [0.1, 0.15) is 47.6 Å². The molecule has 6 heteroatoms. The molecule has 2 aromatic carbocycles. The van der Waals surface area contributed by atoms with Gasteiger partial charge in [-0.3, -0.25) is 4.79 Å². The van der Waals surface area contributed by atoms with Gasteiger partial charge in [0.25, 0.3) is 0 Å². The van der Waals surface area contributed by atoms with Crippen LogP contribution in [0.5, 0.6) is 0 Å². The standard InChI is InChI=1S/C23H25BrN4O/c1-3-28-21(10-11-22(29)25-20-9-8-15(2)12-19(20)24)26-27-23(28)18-13-16-6-4-5-7-17(16)14-18/h4-9,12,18H,3,10-11,13-14H2,1-2H3,(H,25,29). The molecule has 0 radical (unpaired) electrons. The van der Waals surface area contributed by atoms with Crippen molar-refractivity contribution in [2.45, 2.75) is 52.0 Å². The zero-order chi connectivity index (χ0) is 20.4. The first kappa shape index (κ1) is 19.8. The summed E-state index contributed by atoms with van der Waals surface area (Å²) in [5.41, 5.74) is 4.76. The minimum atomic E-state index is -0.0185. The molecule has 1 aliphatic rings. The van der Waals surface area contributed by atoms with Gasteiger partial charge in [-0.25, -0.2) is 0 Å². The number of carbonyl (C=O) groups is 1. The van der Waals surface area contributed by atoms with Crippen LogP contribution >= 0.6 is 15.9 Å². The Bertz CT molecular complexity index is 1020. The molecule has 0 saturated carbocycles. The van der Waals surface area contributed by atoms with Crippen LogP contribution in [0.3, 0.4) is 0 Å². The molecular formula is C23H25BrN4O. The predicted molar refractivity (Wildman–Crippen MR) is 118 cm³/mol. The maximum atomic E-state index is 12.4. The molecule has 3 aromatic rings. The van der Waals surface area contributed by atoms with Crippen LogP contribution in [0.25, 0.3) is 0 Å². The molecule has 0 unspecified atom stereocenters. The fourth-order valence-corrected chi connectivity index (χ4v) is 4.67. The first-order valence-corrected chi connectivity index (χ1v) is 10.9. The van der Waals surface area contributed by atoms with Crippen LogP contribution in [0, 0.1) is 6.92 Å². The molecule has 0 aliphatic heterocycles. The monoisotopic (exact) mass is 452 g/mol.